The second kappa shape index (κ2) is 9.60. The van der Waals surface area contributed by atoms with Crippen LogP contribution in [0.25, 0.3) is 11.0 Å². The smallest absolute Gasteiger partial charge is 0.354 e. The maximum Gasteiger partial charge on any atom is 0.354 e. The molecule has 0 saturated heterocycles. The van der Waals surface area contributed by atoms with Gasteiger partial charge in [-0.2, -0.15) is 0 Å². The summed E-state index contributed by atoms with van der Waals surface area (Å²) in [4.78, 5) is 22.6. The first-order valence-electron chi connectivity index (χ1n) is 7.20. The summed E-state index contributed by atoms with van der Waals surface area (Å²) in [5.74, 6) is -1.29. The van der Waals surface area contributed by atoms with E-state index >= 15 is 0 Å². The fourth-order valence-corrected chi connectivity index (χ4v) is 1.82. The highest BCUT2D eigenvalue weighted by atomic mass is 16.5. The minimum atomic E-state index is -1.35. The number of aromatic carboxylic acids is 1. The Morgan fingerprint density at radius 3 is 2.30 bits per heavy atom. The van der Waals surface area contributed by atoms with Gasteiger partial charge in [-0.1, -0.05) is 12.1 Å². The molecule has 7 nitrogen and oxygen atoms in total. The monoisotopic (exact) mass is 324 g/mol. The summed E-state index contributed by atoms with van der Waals surface area (Å²) < 4.78 is 10.2. The van der Waals surface area contributed by atoms with E-state index in [2.05, 4.69) is 0 Å². The average Bonchev–Trinajstić information content (AvgIpc) is 2.53. The van der Waals surface area contributed by atoms with Crippen LogP contribution < -0.4 is 10.4 Å². The van der Waals surface area contributed by atoms with Crippen LogP contribution in [0.2, 0.25) is 0 Å². The van der Waals surface area contributed by atoms with Crippen molar-refractivity contribution in [2.45, 2.75) is 19.8 Å². The van der Waals surface area contributed by atoms with Crippen LogP contribution in [0.15, 0.2) is 33.5 Å². The summed E-state index contributed by atoms with van der Waals surface area (Å²) in [6.45, 7) is 2.38. The van der Waals surface area contributed by atoms with E-state index in [1.807, 2.05) is 0 Å². The van der Waals surface area contributed by atoms with Gasteiger partial charge in [0, 0.05) is 13.2 Å². The summed E-state index contributed by atoms with van der Waals surface area (Å²) in [5, 5.41) is 25.6. The van der Waals surface area contributed by atoms with Gasteiger partial charge < -0.3 is 24.5 Å². The number of aliphatic hydroxyl groups excluding tert-OH is 2. The molecule has 3 N–H and O–H groups in total. The van der Waals surface area contributed by atoms with Crippen molar-refractivity contribution in [3.05, 3.63) is 40.2 Å². The van der Waals surface area contributed by atoms with E-state index in [4.69, 9.17) is 24.5 Å². The molecule has 0 radical (unpaired) electrons. The van der Waals surface area contributed by atoms with Gasteiger partial charge in [-0.25, -0.2) is 9.59 Å². The summed E-state index contributed by atoms with van der Waals surface area (Å²) in [6, 6.07) is 6.65. The topological polar surface area (TPSA) is 117 Å². The first kappa shape index (κ1) is 18.7. The van der Waals surface area contributed by atoms with Crippen molar-refractivity contribution in [1.29, 1.82) is 0 Å². The van der Waals surface area contributed by atoms with E-state index < -0.39 is 17.2 Å². The van der Waals surface area contributed by atoms with Gasteiger partial charge in [0.2, 0.25) is 0 Å². The highest BCUT2D eigenvalue weighted by Gasteiger charge is 2.21. The normalized spacial score (nSPS) is 10.0. The molecule has 0 bridgehead atoms. The SMILES string of the molecule is CCOc1c(C(=O)O)c(=O)oc2ccccc12.OCCCCO. The lowest BCUT2D eigenvalue weighted by molar-refractivity contribution is 0.0688. The Morgan fingerprint density at radius 1 is 1.17 bits per heavy atom. The molecule has 0 fully saturated rings. The number of aliphatic hydroxyl groups is 2. The molecule has 0 aliphatic carbocycles. The van der Waals surface area contributed by atoms with E-state index in [1.54, 1.807) is 31.2 Å². The molecule has 23 heavy (non-hydrogen) atoms. The van der Waals surface area contributed by atoms with Gasteiger partial charge in [-0.3, -0.25) is 0 Å². The van der Waals surface area contributed by atoms with Crippen molar-refractivity contribution >= 4 is 16.9 Å². The van der Waals surface area contributed by atoms with Crippen LogP contribution in [0.5, 0.6) is 5.75 Å². The number of fused-ring (bicyclic) bond motifs is 1. The maximum atomic E-state index is 11.5. The molecule has 0 atom stereocenters. The number of carboxylic acids is 1. The van der Waals surface area contributed by atoms with E-state index in [-0.39, 0.29) is 25.6 Å². The van der Waals surface area contributed by atoms with Gasteiger partial charge in [0.15, 0.2) is 11.3 Å². The third-order valence-electron chi connectivity index (χ3n) is 2.83. The second-order valence-corrected chi connectivity index (χ2v) is 4.48. The molecule has 126 valence electrons. The Morgan fingerprint density at radius 2 is 1.78 bits per heavy atom. The van der Waals surface area contributed by atoms with Gasteiger partial charge >= 0.3 is 11.6 Å². The Hall–Kier alpha value is -2.38. The van der Waals surface area contributed by atoms with Crippen molar-refractivity contribution in [3.63, 3.8) is 0 Å². The van der Waals surface area contributed by atoms with E-state index in [9.17, 15) is 9.59 Å². The summed E-state index contributed by atoms with van der Waals surface area (Å²) in [6.07, 6.45) is 1.44. The Balaban J connectivity index is 0.000000379. The molecule has 0 amide bonds. The van der Waals surface area contributed by atoms with Crippen LogP contribution in [-0.4, -0.2) is 41.1 Å². The van der Waals surface area contributed by atoms with E-state index in [0.717, 1.165) is 12.8 Å². The fourth-order valence-electron chi connectivity index (χ4n) is 1.82. The minimum Gasteiger partial charge on any atom is -0.492 e. The molecule has 0 aliphatic heterocycles. The summed E-state index contributed by atoms with van der Waals surface area (Å²) in [5.41, 5.74) is -1.06. The quantitative estimate of drug-likeness (QED) is 0.546. The second-order valence-electron chi connectivity index (χ2n) is 4.48. The number of benzene rings is 1. The van der Waals surface area contributed by atoms with Crippen LogP contribution in [0, 0.1) is 0 Å². The van der Waals surface area contributed by atoms with Crippen LogP contribution in [0.1, 0.15) is 30.1 Å². The lowest BCUT2D eigenvalue weighted by Crippen LogP contribution is -2.16. The van der Waals surface area contributed by atoms with E-state index in [0.29, 0.717) is 11.0 Å². The number of hydrogen-bond acceptors (Lipinski definition) is 6. The number of rotatable bonds is 6. The molecule has 0 saturated carbocycles. The Bertz CT molecular complexity index is 686. The first-order chi connectivity index (χ1) is 11.1. The van der Waals surface area contributed by atoms with Gasteiger partial charge in [0.25, 0.3) is 0 Å². The Kier molecular flexibility index (Phi) is 7.79. The summed E-state index contributed by atoms with van der Waals surface area (Å²) >= 11 is 0. The molecular weight excluding hydrogens is 304 g/mol. The molecule has 0 spiro atoms. The van der Waals surface area contributed by atoms with Gasteiger partial charge in [0.1, 0.15) is 5.58 Å². The predicted octanol–water partition coefficient (Wildman–Crippen LogP) is 1.64. The zero-order chi connectivity index (χ0) is 17.2. The molecule has 1 aromatic heterocycles. The fraction of sp³-hybridized carbons (Fsp3) is 0.375. The highest BCUT2D eigenvalue weighted by Crippen LogP contribution is 2.27. The maximum absolute atomic E-state index is 11.5. The van der Waals surface area contributed by atoms with Crippen LogP contribution in [0.4, 0.5) is 0 Å². The van der Waals surface area contributed by atoms with Crippen molar-refractivity contribution in [2.24, 2.45) is 0 Å². The van der Waals surface area contributed by atoms with Gasteiger partial charge in [-0.15, -0.1) is 0 Å². The molecule has 2 aromatic rings. The van der Waals surface area contributed by atoms with Crippen molar-refractivity contribution in [2.75, 3.05) is 19.8 Å². The van der Waals surface area contributed by atoms with Crippen LogP contribution in [0.3, 0.4) is 0 Å². The lowest BCUT2D eigenvalue weighted by atomic mass is 10.1. The zero-order valence-electron chi connectivity index (χ0n) is 12.8. The molecular formula is C16H20O7. The van der Waals surface area contributed by atoms with Gasteiger partial charge in [0.05, 0.1) is 12.0 Å². The standard InChI is InChI=1S/C12H10O5.C4H10O2/c1-2-16-10-7-5-3-4-6-8(7)17-12(15)9(10)11(13)14;5-3-1-2-4-6/h3-6H,2H2,1H3,(H,13,14);5-6H,1-4H2. The number of carboxylic acid groups (broad SMARTS) is 1. The number of ether oxygens (including phenoxy) is 1. The molecule has 1 heterocycles. The van der Waals surface area contributed by atoms with Crippen LogP contribution in [-0.2, 0) is 0 Å². The molecule has 1 aromatic carbocycles. The first-order valence-corrected chi connectivity index (χ1v) is 7.20. The van der Waals surface area contributed by atoms with Crippen molar-refractivity contribution in [1.82, 2.24) is 0 Å². The molecule has 7 heteroatoms. The summed E-state index contributed by atoms with van der Waals surface area (Å²) in [7, 11) is 0. The van der Waals surface area contributed by atoms with Gasteiger partial charge in [-0.05, 0) is 31.9 Å². The average molecular weight is 324 g/mol. The number of para-hydroxylation sites is 1. The predicted molar refractivity (Wildman–Crippen MR) is 84.0 cm³/mol. The highest BCUT2D eigenvalue weighted by molar-refractivity contribution is 5.97. The zero-order valence-corrected chi connectivity index (χ0v) is 12.8. The van der Waals surface area contributed by atoms with Crippen molar-refractivity contribution in [3.8, 4) is 5.75 Å². The van der Waals surface area contributed by atoms with E-state index in [1.165, 1.54) is 0 Å². The number of unbranched alkanes of at least 4 members (excludes halogenated alkanes) is 1. The minimum absolute atomic E-state index is 0.0619. The third kappa shape index (κ3) is 5.08. The molecule has 0 aliphatic rings. The number of carbonyl (C=O) groups is 1. The molecule has 0 unspecified atom stereocenters. The molecule has 2 rings (SSSR count). The lowest BCUT2D eigenvalue weighted by Gasteiger charge is -2.08. The number of hydrogen-bond donors (Lipinski definition) is 3. The largest absolute Gasteiger partial charge is 0.492 e. The third-order valence-corrected chi connectivity index (χ3v) is 2.83. The van der Waals surface area contributed by atoms with Crippen molar-refractivity contribution < 1.29 is 29.3 Å². The Labute approximate surface area is 132 Å². The van der Waals surface area contributed by atoms with Crippen LogP contribution >= 0.6 is 0 Å².